The molecule has 1 rings (SSSR count). The molecule has 0 aliphatic heterocycles. The molecule has 0 aromatic heterocycles. The van der Waals surface area contributed by atoms with Gasteiger partial charge in [0.2, 0.25) is 0 Å². The lowest BCUT2D eigenvalue weighted by Gasteiger charge is -2.10. The molecule has 0 atom stereocenters. The highest BCUT2D eigenvalue weighted by Gasteiger charge is 2.08. The first-order chi connectivity index (χ1) is 7.22. The Kier molecular flexibility index (Phi) is 5.45. The van der Waals surface area contributed by atoms with Crippen molar-refractivity contribution in [2.45, 2.75) is 0 Å². The fourth-order valence-corrected chi connectivity index (χ4v) is 2.25. The highest BCUT2D eigenvalue weighted by atomic mass is 127. The van der Waals surface area contributed by atoms with Crippen LogP contribution in [0.5, 0.6) is 11.5 Å². The van der Waals surface area contributed by atoms with Gasteiger partial charge in [-0.2, -0.15) is 0 Å². The second-order valence-corrected chi connectivity index (χ2v) is 4.60. The number of hydrogen-bond donors (Lipinski definition) is 0. The number of ether oxygens (including phenoxy) is 2. The minimum Gasteiger partial charge on any atom is -0.493 e. The molecule has 82 valence electrons. The van der Waals surface area contributed by atoms with Crippen molar-refractivity contribution in [2.24, 2.45) is 0 Å². The van der Waals surface area contributed by atoms with Crippen LogP contribution in [0.3, 0.4) is 0 Å². The number of alkyl halides is 1. The molecule has 1 aromatic carbocycles. The van der Waals surface area contributed by atoms with Gasteiger partial charge in [-0.15, -0.1) is 0 Å². The molecular formula is C11H12BrIO2. The summed E-state index contributed by atoms with van der Waals surface area (Å²) in [5.41, 5.74) is 1.11. The third-order valence-corrected chi connectivity index (χ3v) is 3.03. The van der Waals surface area contributed by atoms with Crippen molar-refractivity contribution >= 4 is 44.6 Å². The fraction of sp³-hybridized carbons (Fsp3) is 0.273. The van der Waals surface area contributed by atoms with Crippen molar-refractivity contribution in [2.75, 3.05) is 19.5 Å². The number of halogens is 2. The molecule has 0 radical (unpaired) electrons. The summed E-state index contributed by atoms with van der Waals surface area (Å²) in [4.78, 5) is 0. The van der Waals surface area contributed by atoms with E-state index in [0.717, 1.165) is 26.0 Å². The van der Waals surface area contributed by atoms with E-state index in [1.807, 2.05) is 18.2 Å². The molecule has 0 aliphatic rings. The third kappa shape index (κ3) is 3.38. The fourth-order valence-electron chi connectivity index (χ4n) is 1.21. The highest BCUT2D eigenvalue weighted by Crippen LogP contribution is 2.33. The van der Waals surface area contributed by atoms with Crippen LogP contribution >= 0.6 is 38.5 Å². The third-order valence-electron chi connectivity index (χ3n) is 1.86. The molecule has 0 saturated carbocycles. The Morgan fingerprint density at radius 1 is 1.33 bits per heavy atom. The smallest absolute Gasteiger partial charge is 0.174 e. The van der Waals surface area contributed by atoms with Gasteiger partial charge < -0.3 is 9.47 Å². The van der Waals surface area contributed by atoms with Crippen LogP contribution in [0.15, 0.2) is 18.2 Å². The molecule has 0 spiro atoms. The topological polar surface area (TPSA) is 18.5 Å². The molecule has 0 aliphatic carbocycles. The van der Waals surface area contributed by atoms with Crippen LogP contribution in [-0.2, 0) is 0 Å². The summed E-state index contributed by atoms with van der Waals surface area (Å²) in [6.45, 7) is 0. The van der Waals surface area contributed by atoms with Crippen LogP contribution in [0.2, 0.25) is 0 Å². The molecule has 0 unspecified atom stereocenters. The second-order valence-electron chi connectivity index (χ2n) is 2.79. The molecule has 0 bridgehead atoms. The molecule has 15 heavy (non-hydrogen) atoms. The molecule has 0 amide bonds. The number of allylic oxidation sites excluding steroid dienone is 1. The summed E-state index contributed by atoms with van der Waals surface area (Å²) in [5.74, 6) is 1.55. The van der Waals surface area contributed by atoms with Crippen molar-refractivity contribution in [1.82, 2.24) is 0 Å². The first-order valence-electron chi connectivity index (χ1n) is 4.37. The summed E-state index contributed by atoms with van der Waals surface area (Å²) in [5, 5.41) is 0.845. The average Bonchev–Trinajstić information content (AvgIpc) is 2.25. The van der Waals surface area contributed by atoms with Crippen molar-refractivity contribution in [3.8, 4) is 11.5 Å². The van der Waals surface area contributed by atoms with E-state index in [1.54, 1.807) is 14.2 Å². The molecule has 0 fully saturated rings. The molecule has 0 saturated heterocycles. The Balaban J connectivity index is 3.13. The average molecular weight is 383 g/mol. The minimum atomic E-state index is 0.763. The van der Waals surface area contributed by atoms with Crippen molar-refractivity contribution in [3.05, 3.63) is 27.3 Å². The van der Waals surface area contributed by atoms with E-state index < -0.39 is 0 Å². The van der Waals surface area contributed by atoms with Gasteiger partial charge in [0.25, 0.3) is 0 Å². The van der Waals surface area contributed by atoms with Gasteiger partial charge in [0.15, 0.2) is 11.5 Å². The zero-order valence-electron chi connectivity index (χ0n) is 8.59. The molecule has 1 aromatic rings. The van der Waals surface area contributed by atoms with Gasteiger partial charge in [-0.25, -0.2) is 0 Å². The van der Waals surface area contributed by atoms with Crippen molar-refractivity contribution in [3.63, 3.8) is 0 Å². The van der Waals surface area contributed by atoms with Crippen LogP contribution < -0.4 is 9.47 Å². The van der Waals surface area contributed by atoms with E-state index >= 15 is 0 Å². The quantitative estimate of drug-likeness (QED) is 0.583. The predicted octanol–water partition coefficient (Wildman–Crippen LogP) is 3.72. The molecule has 2 nitrogen and oxygen atoms in total. The Hall–Kier alpha value is -0.230. The lowest BCUT2D eigenvalue weighted by molar-refractivity contribution is 0.353. The molecule has 0 heterocycles. The Morgan fingerprint density at radius 3 is 2.60 bits per heavy atom. The molecular weight excluding hydrogens is 371 g/mol. The maximum absolute atomic E-state index is 5.26. The zero-order valence-corrected chi connectivity index (χ0v) is 12.3. The predicted molar refractivity (Wildman–Crippen MR) is 75.1 cm³/mol. The van der Waals surface area contributed by atoms with E-state index in [4.69, 9.17) is 9.47 Å². The van der Waals surface area contributed by atoms with Crippen LogP contribution in [0.25, 0.3) is 6.08 Å². The van der Waals surface area contributed by atoms with Gasteiger partial charge in [0.1, 0.15) is 0 Å². The Bertz CT molecular complexity index is 364. The number of hydrogen-bond acceptors (Lipinski definition) is 2. The van der Waals surface area contributed by atoms with Crippen LogP contribution in [0, 0.1) is 3.57 Å². The summed E-state index contributed by atoms with van der Waals surface area (Å²) < 4.78 is 11.6. The Labute approximate surface area is 112 Å². The van der Waals surface area contributed by atoms with Crippen LogP contribution in [0.1, 0.15) is 5.56 Å². The summed E-state index contributed by atoms with van der Waals surface area (Å²) in [6.07, 6.45) is 4.08. The van der Waals surface area contributed by atoms with E-state index in [1.165, 1.54) is 0 Å². The first-order valence-corrected chi connectivity index (χ1v) is 6.57. The standard InChI is InChI=1S/C11H12BrIO2/c1-14-10-7-8(4-3-5-12)6-9(13)11(10)15-2/h3-4,6-7H,5H2,1-2H3. The van der Waals surface area contributed by atoms with E-state index in [-0.39, 0.29) is 0 Å². The lowest BCUT2D eigenvalue weighted by Crippen LogP contribution is -1.93. The van der Waals surface area contributed by atoms with E-state index in [9.17, 15) is 0 Å². The monoisotopic (exact) mass is 382 g/mol. The largest absolute Gasteiger partial charge is 0.493 e. The highest BCUT2D eigenvalue weighted by molar-refractivity contribution is 14.1. The van der Waals surface area contributed by atoms with Crippen LogP contribution in [0.4, 0.5) is 0 Å². The molecule has 0 N–H and O–H groups in total. The first kappa shape index (κ1) is 12.8. The van der Waals surface area contributed by atoms with Crippen LogP contribution in [-0.4, -0.2) is 19.5 Å². The minimum absolute atomic E-state index is 0.763. The van der Waals surface area contributed by atoms with Gasteiger partial charge in [0.05, 0.1) is 17.8 Å². The number of methoxy groups -OCH3 is 2. The van der Waals surface area contributed by atoms with Gasteiger partial charge in [0, 0.05) is 5.33 Å². The number of benzene rings is 1. The van der Waals surface area contributed by atoms with Gasteiger partial charge in [-0.1, -0.05) is 28.1 Å². The SMILES string of the molecule is COc1cc(C=CCBr)cc(I)c1OC. The maximum atomic E-state index is 5.26. The maximum Gasteiger partial charge on any atom is 0.174 e. The zero-order chi connectivity index (χ0) is 11.3. The van der Waals surface area contributed by atoms with Crippen molar-refractivity contribution < 1.29 is 9.47 Å². The summed E-state index contributed by atoms with van der Waals surface area (Å²) in [6, 6.07) is 4.02. The van der Waals surface area contributed by atoms with E-state index in [2.05, 4.69) is 44.6 Å². The second kappa shape index (κ2) is 6.37. The van der Waals surface area contributed by atoms with E-state index in [0.29, 0.717) is 0 Å². The van der Waals surface area contributed by atoms with Gasteiger partial charge in [-0.3, -0.25) is 0 Å². The molecule has 4 heteroatoms. The Morgan fingerprint density at radius 2 is 2.07 bits per heavy atom. The number of rotatable bonds is 4. The lowest BCUT2D eigenvalue weighted by atomic mass is 10.2. The van der Waals surface area contributed by atoms with Gasteiger partial charge in [-0.05, 0) is 40.3 Å². The van der Waals surface area contributed by atoms with Gasteiger partial charge >= 0.3 is 0 Å². The summed E-state index contributed by atoms with van der Waals surface area (Å²) >= 11 is 5.58. The normalized spacial score (nSPS) is 10.7. The van der Waals surface area contributed by atoms with Crippen molar-refractivity contribution in [1.29, 1.82) is 0 Å². The summed E-state index contributed by atoms with van der Waals surface area (Å²) in [7, 11) is 3.29.